The molecule has 0 bridgehead atoms. The molecule has 36 heavy (non-hydrogen) atoms. The van der Waals surface area contributed by atoms with Crippen molar-refractivity contribution in [3.05, 3.63) is 89.0 Å². The van der Waals surface area contributed by atoms with Gasteiger partial charge in [0.25, 0.3) is 0 Å². The van der Waals surface area contributed by atoms with Crippen molar-refractivity contribution in [1.82, 2.24) is 9.97 Å². The Morgan fingerprint density at radius 1 is 1.08 bits per heavy atom. The van der Waals surface area contributed by atoms with Crippen molar-refractivity contribution in [2.24, 2.45) is 5.41 Å². The normalized spacial score (nSPS) is 23.1. The number of anilines is 1. The van der Waals surface area contributed by atoms with E-state index in [0.717, 1.165) is 0 Å². The van der Waals surface area contributed by atoms with Crippen molar-refractivity contribution < 1.29 is 22.4 Å². The van der Waals surface area contributed by atoms with Crippen molar-refractivity contribution in [1.29, 1.82) is 0 Å². The highest BCUT2D eigenvalue weighted by atomic mass is 19.4. The molecule has 8 heteroatoms. The largest absolute Gasteiger partial charge is 0.393 e. The third-order valence-electron chi connectivity index (χ3n) is 7.25. The second kappa shape index (κ2) is 8.25. The van der Waals surface area contributed by atoms with E-state index in [-0.39, 0.29) is 23.5 Å². The number of carbonyl (C=O) groups excluding carboxylic acids is 1. The van der Waals surface area contributed by atoms with Crippen LogP contribution in [0.2, 0.25) is 0 Å². The summed E-state index contributed by atoms with van der Waals surface area (Å²) in [7, 11) is 0. The predicted octanol–water partition coefficient (Wildman–Crippen LogP) is 6.57. The molecule has 0 radical (unpaired) electrons. The van der Waals surface area contributed by atoms with Crippen LogP contribution in [-0.4, -0.2) is 28.1 Å². The summed E-state index contributed by atoms with van der Waals surface area (Å²) in [6.07, 6.45) is -2.60. The van der Waals surface area contributed by atoms with E-state index >= 15 is 4.39 Å². The number of alkyl halides is 4. The molecule has 0 spiro atoms. The minimum Gasteiger partial charge on any atom is -0.341 e. The van der Waals surface area contributed by atoms with Crippen LogP contribution in [0.1, 0.15) is 43.9 Å². The summed E-state index contributed by atoms with van der Waals surface area (Å²) in [6, 6.07) is 12.2. The summed E-state index contributed by atoms with van der Waals surface area (Å²) in [4.78, 5) is 21.8. The maximum atomic E-state index is 15.8. The lowest BCUT2D eigenvalue weighted by Gasteiger charge is -2.46. The number of halogens is 4. The van der Waals surface area contributed by atoms with Crippen LogP contribution in [0.5, 0.6) is 0 Å². The first-order chi connectivity index (χ1) is 16.9. The average molecular weight is 496 g/mol. The molecule has 0 amide bonds. The molecule has 2 atom stereocenters. The molecule has 2 aliphatic rings. The Balaban J connectivity index is 1.72. The van der Waals surface area contributed by atoms with Gasteiger partial charge in [-0.25, -0.2) is 9.37 Å². The highest BCUT2D eigenvalue weighted by molar-refractivity contribution is 6.03. The fraction of sp³-hybridized carbons (Fsp3) is 0.321. The molecule has 1 aliphatic carbocycles. The molecule has 3 aromatic rings. The highest BCUT2D eigenvalue weighted by Crippen LogP contribution is 2.53. The lowest BCUT2D eigenvalue weighted by atomic mass is 9.61. The minimum atomic E-state index is -4.39. The molecule has 1 aromatic carbocycles. The average Bonchev–Trinajstić information content (AvgIpc) is 2.81. The van der Waals surface area contributed by atoms with Crippen LogP contribution in [0, 0.1) is 5.41 Å². The Morgan fingerprint density at radius 2 is 1.86 bits per heavy atom. The van der Waals surface area contributed by atoms with Gasteiger partial charge in [0.1, 0.15) is 12.0 Å². The number of aromatic nitrogens is 2. The zero-order valence-electron chi connectivity index (χ0n) is 20.1. The first kappa shape index (κ1) is 24.2. The van der Waals surface area contributed by atoms with Crippen LogP contribution < -0.4 is 5.32 Å². The SMILES string of the molecule is CC1(C)CC(=O)C2=C(Nc3ncccc3[C@]2(C)c2cccc(-c3ccncc3CC(F)(F)F)c2)[C@@H]1F. The number of allylic oxidation sites excluding steroid dienone is 2. The molecule has 2 aromatic heterocycles. The van der Waals surface area contributed by atoms with Crippen molar-refractivity contribution in [2.45, 2.75) is 51.4 Å². The van der Waals surface area contributed by atoms with Gasteiger partial charge in [-0.05, 0) is 47.4 Å². The second-order valence-electron chi connectivity index (χ2n) is 10.3. The van der Waals surface area contributed by atoms with Crippen LogP contribution in [0.4, 0.5) is 23.4 Å². The van der Waals surface area contributed by atoms with Gasteiger partial charge in [-0.15, -0.1) is 0 Å². The number of hydrogen-bond acceptors (Lipinski definition) is 4. The Bertz CT molecular complexity index is 1400. The Hall–Kier alpha value is -3.55. The molecule has 4 nitrogen and oxygen atoms in total. The first-order valence-corrected chi connectivity index (χ1v) is 11.7. The second-order valence-corrected chi connectivity index (χ2v) is 10.3. The fourth-order valence-corrected chi connectivity index (χ4v) is 5.47. The quantitative estimate of drug-likeness (QED) is 0.418. The number of ketones is 1. The molecule has 3 heterocycles. The van der Waals surface area contributed by atoms with Gasteiger partial charge < -0.3 is 5.32 Å². The number of carbonyl (C=O) groups is 1. The van der Waals surface area contributed by atoms with Gasteiger partial charge in [-0.3, -0.25) is 9.78 Å². The predicted molar refractivity (Wildman–Crippen MR) is 129 cm³/mol. The van der Waals surface area contributed by atoms with E-state index in [1.54, 1.807) is 50.4 Å². The number of Topliss-reactive ketones (excluding diaryl/α,β-unsaturated/α-hetero) is 1. The number of rotatable bonds is 3. The third-order valence-corrected chi connectivity index (χ3v) is 7.25. The van der Waals surface area contributed by atoms with Crippen LogP contribution in [0.3, 0.4) is 0 Å². The fourth-order valence-electron chi connectivity index (χ4n) is 5.47. The van der Waals surface area contributed by atoms with E-state index in [9.17, 15) is 18.0 Å². The zero-order chi connectivity index (χ0) is 25.9. The van der Waals surface area contributed by atoms with Gasteiger partial charge in [0.05, 0.1) is 17.5 Å². The van der Waals surface area contributed by atoms with Crippen LogP contribution in [0.15, 0.2) is 72.3 Å². The van der Waals surface area contributed by atoms with Gasteiger partial charge in [-0.2, -0.15) is 13.2 Å². The van der Waals surface area contributed by atoms with E-state index in [4.69, 9.17) is 0 Å². The number of hydrogen-bond donors (Lipinski definition) is 1. The number of nitrogens with one attached hydrogen (secondary N) is 1. The van der Waals surface area contributed by atoms with E-state index in [2.05, 4.69) is 15.3 Å². The molecular formula is C28H25F4N3O. The van der Waals surface area contributed by atoms with Gasteiger partial charge >= 0.3 is 6.18 Å². The van der Waals surface area contributed by atoms with Crippen molar-refractivity contribution in [2.75, 3.05) is 5.32 Å². The Kier molecular flexibility index (Phi) is 5.54. The maximum absolute atomic E-state index is 15.8. The number of nitrogens with zero attached hydrogens (tertiary/aromatic N) is 2. The Morgan fingerprint density at radius 3 is 2.61 bits per heavy atom. The van der Waals surface area contributed by atoms with E-state index in [1.165, 1.54) is 12.4 Å². The number of pyridine rings is 2. The minimum absolute atomic E-state index is 0.0413. The Labute approximate surface area is 206 Å². The van der Waals surface area contributed by atoms with Crippen LogP contribution >= 0.6 is 0 Å². The summed E-state index contributed by atoms with van der Waals surface area (Å²) >= 11 is 0. The lowest BCUT2D eigenvalue weighted by molar-refractivity contribution is -0.127. The smallest absolute Gasteiger partial charge is 0.341 e. The molecule has 0 unspecified atom stereocenters. The maximum Gasteiger partial charge on any atom is 0.393 e. The van der Waals surface area contributed by atoms with Crippen molar-refractivity contribution in [3.63, 3.8) is 0 Å². The third kappa shape index (κ3) is 3.88. The summed E-state index contributed by atoms with van der Waals surface area (Å²) < 4.78 is 55.5. The summed E-state index contributed by atoms with van der Waals surface area (Å²) in [5, 5.41) is 3.08. The molecule has 186 valence electrons. The monoisotopic (exact) mass is 495 g/mol. The molecule has 5 rings (SSSR count). The van der Waals surface area contributed by atoms with Gasteiger partial charge in [0.15, 0.2) is 5.78 Å². The van der Waals surface area contributed by atoms with Gasteiger partial charge in [0.2, 0.25) is 0 Å². The van der Waals surface area contributed by atoms with Crippen LogP contribution in [0.25, 0.3) is 11.1 Å². The molecule has 0 saturated carbocycles. The van der Waals surface area contributed by atoms with Crippen LogP contribution in [-0.2, 0) is 16.6 Å². The van der Waals surface area contributed by atoms with Gasteiger partial charge in [-0.1, -0.05) is 38.1 Å². The number of benzene rings is 1. The zero-order valence-corrected chi connectivity index (χ0v) is 20.1. The number of fused-ring (bicyclic) bond motifs is 1. The molecule has 0 fully saturated rings. The van der Waals surface area contributed by atoms with Crippen molar-refractivity contribution in [3.8, 4) is 11.1 Å². The highest BCUT2D eigenvalue weighted by Gasteiger charge is 2.52. The molecular weight excluding hydrogens is 470 g/mol. The first-order valence-electron chi connectivity index (χ1n) is 11.7. The van der Waals surface area contributed by atoms with E-state index in [0.29, 0.717) is 33.6 Å². The summed E-state index contributed by atoms with van der Waals surface area (Å²) in [5.74, 6) is 0.291. The van der Waals surface area contributed by atoms with E-state index in [1.807, 2.05) is 19.1 Å². The molecule has 1 aliphatic heterocycles. The van der Waals surface area contributed by atoms with Crippen molar-refractivity contribution >= 4 is 11.6 Å². The summed E-state index contributed by atoms with van der Waals surface area (Å²) in [6.45, 7) is 5.30. The summed E-state index contributed by atoms with van der Waals surface area (Å²) in [5.41, 5.74) is 0.970. The topological polar surface area (TPSA) is 54.9 Å². The van der Waals surface area contributed by atoms with Gasteiger partial charge in [0, 0.05) is 41.6 Å². The van der Waals surface area contributed by atoms with E-state index < -0.39 is 29.6 Å². The lowest BCUT2D eigenvalue weighted by Crippen LogP contribution is -2.47. The molecule has 1 N–H and O–H groups in total. The standard InChI is InChI=1S/C28H25F4N3O/c1-26(2)14-21(36)22-23(24(26)29)35-25-20(8-5-10-34-25)27(22,3)18-7-4-6-16(12-18)19-9-11-33-15-17(19)13-28(30,31)32/h4-12,15,24H,13-14H2,1-3H3,(H,34,35)/t24-,27-/m0/s1. The molecule has 0 saturated heterocycles.